The van der Waals surface area contributed by atoms with E-state index in [4.69, 9.17) is 11.6 Å². The van der Waals surface area contributed by atoms with E-state index in [1.165, 1.54) is 18.2 Å². The number of ketones is 1. The number of carbonyl (C=O) groups excluding carboxylic acids is 2. The van der Waals surface area contributed by atoms with Crippen LogP contribution in [0.5, 0.6) is 0 Å². The molecule has 0 aliphatic rings. The van der Waals surface area contributed by atoms with Crippen molar-refractivity contribution in [3.8, 4) is 0 Å². The summed E-state index contributed by atoms with van der Waals surface area (Å²) in [4.78, 5) is 26.4. The van der Waals surface area contributed by atoms with Gasteiger partial charge in [0.2, 0.25) is 5.91 Å². The third-order valence-corrected chi connectivity index (χ3v) is 8.68. The second-order valence-corrected chi connectivity index (χ2v) is 12.8. The molecule has 206 valence electrons. The van der Waals surface area contributed by atoms with Crippen molar-refractivity contribution in [1.82, 2.24) is 0 Å². The molecular formula is C32H31ClN2O4S. The van der Waals surface area contributed by atoms with Gasteiger partial charge in [0.05, 0.1) is 10.6 Å². The SMILES string of the molecule is Cc1ccc(N(CC(=O)Nc2cccc(C(=O)c3ccc(C(C)(C)C)cc3)c2)S(=O)(=O)c2ccccc2)cc1Cl. The first-order valence-corrected chi connectivity index (χ1v) is 14.6. The molecule has 0 aliphatic heterocycles. The van der Waals surface area contributed by atoms with E-state index in [2.05, 4.69) is 26.1 Å². The first-order valence-electron chi connectivity index (χ1n) is 12.8. The topological polar surface area (TPSA) is 83.6 Å². The second-order valence-electron chi connectivity index (χ2n) is 10.5. The maximum absolute atomic E-state index is 13.6. The molecule has 6 nitrogen and oxygen atoms in total. The molecule has 0 aliphatic carbocycles. The van der Waals surface area contributed by atoms with Gasteiger partial charge in [0.1, 0.15) is 6.54 Å². The van der Waals surface area contributed by atoms with Gasteiger partial charge in [-0.2, -0.15) is 0 Å². The smallest absolute Gasteiger partial charge is 0.264 e. The molecule has 4 aromatic carbocycles. The number of benzene rings is 4. The normalized spacial score (nSPS) is 11.6. The molecule has 0 bridgehead atoms. The average Bonchev–Trinajstić information content (AvgIpc) is 2.93. The molecule has 4 rings (SSSR count). The highest BCUT2D eigenvalue weighted by Gasteiger charge is 2.27. The lowest BCUT2D eigenvalue weighted by atomic mass is 9.86. The van der Waals surface area contributed by atoms with E-state index in [-0.39, 0.29) is 21.8 Å². The summed E-state index contributed by atoms with van der Waals surface area (Å²) in [6, 6.07) is 26.8. The number of amides is 1. The maximum atomic E-state index is 13.6. The molecule has 0 fully saturated rings. The van der Waals surface area contributed by atoms with E-state index in [0.29, 0.717) is 21.8 Å². The van der Waals surface area contributed by atoms with Crippen molar-refractivity contribution >= 4 is 44.7 Å². The van der Waals surface area contributed by atoms with Gasteiger partial charge in [-0.05, 0) is 59.9 Å². The highest BCUT2D eigenvalue weighted by Crippen LogP contribution is 2.28. The Bertz CT molecular complexity index is 1640. The number of halogens is 1. The van der Waals surface area contributed by atoms with E-state index in [0.717, 1.165) is 15.4 Å². The Hall–Kier alpha value is -3.94. The van der Waals surface area contributed by atoms with E-state index in [1.54, 1.807) is 66.7 Å². The number of anilines is 2. The third kappa shape index (κ3) is 6.61. The van der Waals surface area contributed by atoms with Gasteiger partial charge in [-0.1, -0.05) is 93.0 Å². The Balaban J connectivity index is 1.57. The predicted octanol–water partition coefficient (Wildman–Crippen LogP) is 7.01. The van der Waals surface area contributed by atoms with Crippen molar-refractivity contribution in [3.05, 3.63) is 124 Å². The van der Waals surface area contributed by atoms with Gasteiger partial charge in [0.25, 0.3) is 10.0 Å². The lowest BCUT2D eigenvalue weighted by molar-refractivity contribution is -0.114. The van der Waals surface area contributed by atoms with Crippen molar-refractivity contribution in [2.45, 2.75) is 38.0 Å². The highest BCUT2D eigenvalue weighted by atomic mass is 35.5. The van der Waals surface area contributed by atoms with Crippen LogP contribution in [-0.2, 0) is 20.2 Å². The molecule has 0 atom stereocenters. The lowest BCUT2D eigenvalue weighted by Crippen LogP contribution is -2.38. The molecule has 40 heavy (non-hydrogen) atoms. The molecule has 0 saturated heterocycles. The molecular weight excluding hydrogens is 544 g/mol. The third-order valence-electron chi connectivity index (χ3n) is 6.48. The zero-order chi connectivity index (χ0) is 29.1. The molecule has 0 aromatic heterocycles. The van der Waals surface area contributed by atoms with Crippen LogP contribution in [0.25, 0.3) is 0 Å². The number of nitrogens with zero attached hydrogens (tertiary/aromatic N) is 1. The second kappa shape index (κ2) is 11.7. The van der Waals surface area contributed by atoms with Crippen molar-refractivity contribution in [2.24, 2.45) is 0 Å². The molecule has 0 spiro atoms. The molecule has 1 N–H and O–H groups in total. The van der Waals surface area contributed by atoms with Crippen LogP contribution >= 0.6 is 11.6 Å². The molecule has 0 radical (unpaired) electrons. The summed E-state index contributed by atoms with van der Waals surface area (Å²) >= 11 is 6.29. The van der Waals surface area contributed by atoms with E-state index in [1.807, 2.05) is 19.1 Å². The van der Waals surface area contributed by atoms with Crippen LogP contribution in [0.15, 0.2) is 102 Å². The fourth-order valence-electron chi connectivity index (χ4n) is 4.13. The van der Waals surface area contributed by atoms with Crippen molar-refractivity contribution in [3.63, 3.8) is 0 Å². The zero-order valence-corrected chi connectivity index (χ0v) is 24.4. The van der Waals surface area contributed by atoms with E-state index >= 15 is 0 Å². The number of hydrogen-bond acceptors (Lipinski definition) is 4. The maximum Gasteiger partial charge on any atom is 0.264 e. The van der Waals surface area contributed by atoms with Crippen LogP contribution in [-0.4, -0.2) is 26.7 Å². The largest absolute Gasteiger partial charge is 0.324 e. The van der Waals surface area contributed by atoms with Gasteiger partial charge in [-0.3, -0.25) is 13.9 Å². The van der Waals surface area contributed by atoms with Crippen molar-refractivity contribution in [2.75, 3.05) is 16.2 Å². The molecule has 0 heterocycles. The fourth-order valence-corrected chi connectivity index (χ4v) is 5.74. The molecule has 4 aromatic rings. The number of hydrogen-bond donors (Lipinski definition) is 1. The Kier molecular flexibility index (Phi) is 8.47. The quantitative estimate of drug-likeness (QED) is 0.229. The van der Waals surface area contributed by atoms with Crippen molar-refractivity contribution < 1.29 is 18.0 Å². The Labute approximate surface area is 240 Å². The van der Waals surface area contributed by atoms with Crippen LogP contribution < -0.4 is 9.62 Å². The average molecular weight is 575 g/mol. The summed E-state index contributed by atoms with van der Waals surface area (Å²) in [6.07, 6.45) is 0. The molecule has 8 heteroatoms. The monoisotopic (exact) mass is 574 g/mol. The van der Waals surface area contributed by atoms with Crippen LogP contribution in [0.4, 0.5) is 11.4 Å². The number of aryl methyl sites for hydroxylation is 1. The summed E-state index contributed by atoms with van der Waals surface area (Å²) in [5, 5.41) is 3.12. The Morgan fingerprint density at radius 1 is 0.825 bits per heavy atom. The fraction of sp³-hybridized carbons (Fsp3) is 0.188. The van der Waals surface area contributed by atoms with Gasteiger partial charge < -0.3 is 5.32 Å². The number of sulfonamides is 1. The molecule has 1 amide bonds. The summed E-state index contributed by atoms with van der Waals surface area (Å²) in [5.41, 5.74) is 3.44. The summed E-state index contributed by atoms with van der Waals surface area (Å²) in [7, 11) is -4.08. The van der Waals surface area contributed by atoms with Gasteiger partial charge >= 0.3 is 0 Å². The van der Waals surface area contributed by atoms with Crippen molar-refractivity contribution in [1.29, 1.82) is 0 Å². The first-order chi connectivity index (χ1) is 18.9. The van der Waals surface area contributed by atoms with Crippen LogP contribution in [0.2, 0.25) is 5.02 Å². The van der Waals surface area contributed by atoms with Gasteiger partial charge in [-0.25, -0.2) is 8.42 Å². The van der Waals surface area contributed by atoms with Gasteiger partial charge in [-0.15, -0.1) is 0 Å². The standard InChI is InChI=1S/C32H31ClN2O4S/c1-22-13-18-27(20-29(22)33)35(40(38,39)28-11-6-5-7-12-28)21-30(36)34-26-10-8-9-24(19-26)31(37)23-14-16-25(17-15-23)32(2,3)4/h5-20H,21H2,1-4H3,(H,34,36). The van der Waals surface area contributed by atoms with Crippen LogP contribution in [0.3, 0.4) is 0 Å². The van der Waals surface area contributed by atoms with Gasteiger partial charge in [0.15, 0.2) is 5.78 Å². The van der Waals surface area contributed by atoms with Gasteiger partial charge in [0, 0.05) is 21.8 Å². The predicted molar refractivity (Wildman–Crippen MR) is 161 cm³/mol. The number of nitrogens with one attached hydrogen (secondary N) is 1. The Morgan fingerprint density at radius 3 is 2.12 bits per heavy atom. The number of rotatable bonds is 8. The van der Waals surface area contributed by atoms with Crippen LogP contribution in [0.1, 0.15) is 47.8 Å². The number of carbonyl (C=O) groups is 2. The molecule has 0 unspecified atom stereocenters. The Morgan fingerprint density at radius 2 is 1.50 bits per heavy atom. The van der Waals surface area contributed by atoms with E-state index < -0.39 is 22.5 Å². The minimum absolute atomic E-state index is 0.0302. The molecule has 0 saturated carbocycles. The zero-order valence-electron chi connectivity index (χ0n) is 22.8. The van der Waals surface area contributed by atoms with E-state index in [9.17, 15) is 18.0 Å². The summed E-state index contributed by atoms with van der Waals surface area (Å²) in [5.74, 6) is -0.755. The highest BCUT2D eigenvalue weighted by molar-refractivity contribution is 7.92. The van der Waals surface area contributed by atoms with Crippen LogP contribution in [0, 0.1) is 6.92 Å². The summed E-state index contributed by atoms with van der Waals surface area (Å²) < 4.78 is 28.1. The minimum Gasteiger partial charge on any atom is -0.324 e. The first kappa shape index (κ1) is 29.1. The summed E-state index contributed by atoms with van der Waals surface area (Å²) in [6.45, 7) is 7.63. The lowest BCUT2D eigenvalue weighted by Gasteiger charge is -2.24. The minimum atomic E-state index is -4.08.